The van der Waals surface area contributed by atoms with E-state index in [1.807, 2.05) is 0 Å². The maximum atomic E-state index is 5.44. The monoisotopic (exact) mass is 294 g/mol. The van der Waals surface area contributed by atoms with Gasteiger partial charge in [0.1, 0.15) is 10.6 Å². The van der Waals surface area contributed by atoms with Crippen molar-refractivity contribution >= 4 is 33.3 Å². The minimum absolute atomic E-state index is 0.0264. The Balaban J connectivity index is 2.33. The Morgan fingerprint density at radius 1 is 1.35 bits per heavy atom. The third kappa shape index (κ3) is 3.00. The van der Waals surface area contributed by atoms with E-state index in [-0.39, 0.29) is 5.54 Å². The van der Waals surface area contributed by atoms with Gasteiger partial charge in [0.05, 0.1) is 5.39 Å². The van der Waals surface area contributed by atoms with E-state index in [0.29, 0.717) is 5.95 Å². The molecule has 0 atom stereocenters. The lowest BCUT2D eigenvalue weighted by Gasteiger charge is -2.32. The van der Waals surface area contributed by atoms with Gasteiger partial charge < -0.3 is 10.2 Å². The average molecular weight is 294 g/mol. The summed E-state index contributed by atoms with van der Waals surface area (Å²) >= 11 is 1.64. The molecule has 2 rings (SSSR count). The Bertz CT molecular complexity index is 604. The van der Waals surface area contributed by atoms with Crippen LogP contribution in [0.1, 0.15) is 18.7 Å². The van der Waals surface area contributed by atoms with Crippen molar-refractivity contribution in [3.63, 3.8) is 0 Å². The molecule has 20 heavy (non-hydrogen) atoms. The number of hydrogen-bond donors (Lipinski definition) is 3. The number of hydrogen-bond acceptors (Lipinski definition) is 7. The average Bonchev–Trinajstić information content (AvgIpc) is 2.75. The van der Waals surface area contributed by atoms with Gasteiger partial charge in [-0.2, -0.15) is 4.98 Å². The molecule has 6 nitrogen and oxygen atoms in total. The number of anilines is 2. The molecule has 0 aromatic carbocycles. The van der Waals surface area contributed by atoms with Gasteiger partial charge in [-0.1, -0.05) is 0 Å². The predicted octanol–water partition coefficient (Wildman–Crippen LogP) is 2.04. The smallest absolute Gasteiger partial charge is 0.240 e. The highest BCUT2D eigenvalue weighted by molar-refractivity contribution is 7.18. The second-order valence-corrected chi connectivity index (χ2v) is 6.91. The minimum atomic E-state index is 0.0264. The lowest BCUT2D eigenvalue weighted by atomic mass is 10.0. The molecule has 2 aromatic rings. The summed E-state index contributed by atoms with van der Waals surface area (Å²) in [4.78, 5) is 13.1. The van der Waals surface area contributed by atoms with Crippen LogP contribution in [0.2, 0.25) is 0 Å². The summed E-state index contributed by atoms with van der Waals surface area (Å²) < 4.78 is 0. The molecule has 2 heterocycles. The fourth-order valence-corrected chi connectivity index (χ4v) is 2.58. The van der Waals surface area contributed by atoms with Crippen LogP contribution in [-0.2, 0) is 0 Å². The summed E-state index contributed by atoms with van der Waals surface area (Å²) in [6, 6.07) is 2.10. The number of thiophene rings is 1. The van der Waals surface area contributed by atoms with Gasteiger partial charge in [0.2, 0.25) is 5.95 Å². The van der Waals surface area contributed by atoms with Crippen molar-refractivity contribution in [3.05, 3.63) is 10.9 Å². The van der Waals surface area contributed by atoms with Crippen LogP contribution < -0.4 is 16.6 Å². The summed E-state index contributed by atoms with van der Waals surface area (Å²) in [6.07, 6.45) is 0. The highest BCUT2D eigenvalue weighted by atomic mass is 32.1. The van der Waals surface area contributed by atoms with Crippen molar-refractivity contribution in [1.82, 2.24) is 14.9 Å². The standard InChI is InChI=1S/C13H22N6S/c1-8-6-9-10(15-7-13(2,3)19(4)5)16-12(18-14)17-11(9)20-8/h6H,7,14H2,1-5H3,(H2,15,16,17,18). The number of fused-ring (bicyclic) bond motifs is 1. The highest BCUT2D eigenvalue weighted by Gasteiger charge is 2.21. The summed E-state index contributed by atoms with van der Waals surface area (Å²) in [5.41, 5.74) is 2.55. The maximum absolute atomic E-state index is 5.44. The SMILES string of the molecule is Cc1cc2c(NCC(C)(C)N(C)C)nc(NN)nc2s1. The zero-order valence-corrected chi connectivity index (χ0v) is 13.4. The maximum Gasteiger partial charge on any atom is 0.240 e. The van der Waals surface area contributed by atoms with Crippen LogP contribution >= 0.6 is 11.3 Å². The van der Waals surface area contributed by atoms with E-state index in [1.165, 1.54) is 4.88 Å². The number of nitrogens with zero attached hydrogens (tertiary/aromatic N) is 3. The number of likely N-dealkylation sites (N-methyl/N-ethyl adjacent to an activating group) is 1. The minimum Gasteiger partial charge on any atom is -0.368 e. The van der Waals surface area contributed by atoms with Gasteiger partial charge in [-0.15, -0.1) is 11.3 Å². The molecular weight excluding hydrogens is 272 g/mol. The molecule has 0 bridgehead atoms. The first-order valence-electron chi connectivity index (χ1n) is 6.49. The lowest BCUT2D eigenvalue weighted by Crippen LogP contribution is -2.44. The first-order valence-corrected chi connectivity index (χ1v) is 7.31. The molecule has 7 heteroatoms. The zero-order valence-electron chi connectivity index (χ0n) is 12.6. The number of nitrogens with one attached hydrogen (secondary N) is 2. The van der Waals surface area contributed by atoms with Gasteiger partial charge in [-0.05, 0) is 40.9 Å². The number of nitrogen functional groups attached to an aromatic ring is 1. The Kier molecular flexibility index (Phi) is 4.12. The summed E-state index contributed by atoms with van der Waals surface area (Å²) in [6.45, 7) is 7.21. The molecule has 110 valence electrons. The van der Waals surface area contributed by atoms with E-state index >= 15 is 0 Å². The molecule has 0 unspecified atom stereocenters. The summed E-state index contributed by atoms with van der Waals surface area (Å²) in [5.74, 6) is 6.70. The molecule has 0 aliphatic rings. The summed E-state index contributed by atoms with van der Waals surface area (Å²) in [5, 5.41) is 4.46. The zero-order chi connectivity index (χ0) is 14.9. The molecule has 2 aromatic heterocycles. The molecule has 0 fully saturated rings. The van der Waals surface area contributed by atoms with Crippen LogP contribution in [0.4, 0.5) is 11.8 Å². The molecule has 0 aliphatic heterocycles. The normalized spacial score (nSPS) is 12.2. The van der Waals surface area contributed by atoms with Crippen molar-refractivity contribution in [3.8, 4) is 0 Å². The number of aromatic nitrogens is 2. The van der Waals surface area contributed by atoms with E-state index in [2.05, 4.69) is 66.5 Å². The summed E-state index contributed by atoms with van der Waals surface area (Å²) in [7, 11) is 4.14. The van der Waals surface area contributed by atoms with Gasteiger partial charge in [0.25, 0.3) is 0 Å². The molecule has 0 saturated heterocycles. The second kappa shape index (κ2) is 5.51. The highest BCUT2D eigenvalue weighted by Crippen LogP contribution is 2.29. The van der Waals surface area contributed by atoms with Crippen molar-refractivity contribution in [2.75, 3.05) is 31.4 Å². The van der Waals surface area contributed by atoms with E-state index in [1.54, 1.807) is 11.3 Å². The molecule has 0 amide bonds. The van der Waals surface area contributed by atoms with E-state index in [4.69, 9.17) is 5.84 Å². The van der Waals surface area contributed by atoms with Gasteiger partial charge in [0.15, 0.2) is 0 Å². The van der Waals surface area contributed by atoms with Gasteiger partial charge in [-0.25, -0.2) is 10.8 Å². The molecule has 0 radical (unpaired) electrons. The largest absolute Gasteiger partial charge is 0.368 e. The number of hydrazine groups is 1. The molecule has 0 aliphatic carbocycles. The van der Waals surface area contributed by atoms with Gasteiger partial charge in [-0.3, -0.25) is 5.43 Å². The van der Waals surface area contributed by atoms with Gasteiger partial charge in [0, 0.05) is 17.0 Å². The number of rotatable bonds is 5. The van der Waals surface area contributed by atoms with E-state index in [0.717, 1.165) is 22.6 Å². The van der Waals surface area contributed by atoms with Crippen LogP contribution in [0.3, 0.4) is 0 Å². The van der Waals surface area contributed by atoms with Crippen LogP contribution in [-0.4, -0.2) is 41.0 Å². The van der Waals surface area contributed by atoms with Crippen molar-refractivity contribution in [2.45, 2.75) is 26.3 Å². The van der Waals surface area contributed by atoms with Crippen LogP contribution in [0.5, 0.6) is 0 Å². The first-order chi connectivity index (χ1) is 9.33. The Morgan fingerprint density at radius 2 is 2.05 bits per heavy atom. The van der Waals surface area contributed by atoms with Crippen LogP contribution in [0.25, 0.3) is 10.2 Å². The lowest BCUT2D eigenvalue weighted by molar-refractivity contribution is 0.210. The van der Waals surface area contributed by atoms with Crippen molar-refractivity contribution < 1.29 is 0 Å². The first kappa shape index (κ1) is 15.0. The predicted molar refractivity (Wildman–Crippen MR) is 86.2 cm³/mol. The Hall–Kier alpha value is -1.44. The Morgan fingerprint density at radius 3 is 2.65 bits per heavy atom. The third-order valence-electron chi connectivity index (χ3n) is 3.54. The topological polar surface area (TPSA) is 79.1 Å². The fourth-order valence-electron chi connectivity index (χ4n) is 1.70. The Labute approximate surface area is 123 Å². The number of nitrogens with two attached hydrogens (primary N) is 1. The van der Waals surface area contributed by atoms with E-state index < -0.39 is 0 Å². The van der Waals surface area contributed by atoms with Crippen LogP contribution in [0, 0.1) is 6.92 Å². The van der Waals surface area contributed by atoms with Crippen molar-refractivity contribution in [1.29, 1.82) is 0 Å². The molecular formula is C13H22N6S. The molecule has 0 saturated carbocycles. The second-order valence-electron chi connectivity index (χ2n) is 5.68. The fraction of sp³-hybridized carbons (Fsp3) is 0.538. The van der Waals surface area contributed by atoms with E-state index in [9.17, 15) is 0 Å². The third-order valence-corrected chi connectivity index (χ3v) is 4.49. The van der Waals surface area contributed by atoms with Crippen molar-refractivity contribution in [2.24, 2.45) is 5.84 Å². The molecule has 4 N–H and O–H groups in total. The molecule has 0 spiro atoms. The van der Waals surface area contributed by atoms with Gasteiger partial charge >= 0.3 is 0 Å². The number of aryl methyl sites for hydroxylation is 1. The quantitative estimate of drug-likeness (QED) is 0.578. The van der Waals surface area contributed by atoms with Crippen LogP contribution in [0.15, 0.2) is 6.07 Å².